The molecule has 20 heavy (non-hydrogen) atoms. The summed E-state index contributed by atoms with van der Waals surface area (Å²) in [6.45, 7) is 5.31. The third-order valence-corrected chi connectivity index (χ3v) is 5.30. The lowest BCUT2D eigenvalue weighted by Crippen LogP contribution is -2.32. The number of hydrogen-bond donors (Lipinski definition) is 1. The molecule has 0 aromatic carbocycles. The van der Waals surface area contributed by atoms with E-state index in [1.807, 2.05) is 6.92 Å². The molecule has 1 aromatic rings. The summed E-state index contributed by atoms with van der Waals surface area (Å²) in [5.74, 6) is 0.601. The Morgan fingerprint density at radius 2 is 2.20 bits per heavy atom. The molecule has 0 bridgehead atoms. The summed E-state index contributed by atoms with van der Waals surface area (Å²) in [4.78, 5) is 12.0. The molecule has 1 atom stereocenters. The zero-order valence-corrected chi connectivity index (χ0v) is 14.1. The number of anilines is 1. The van der Waals surface area contributed by atoms with Gasteiger partial charge in [-0.1, -0.05) is 15.9 Å². The van der Waals surface area contributed by atoms with Gasteiger partial charge in [-0.25, -0.2) is 13.1 Å². The minimum Gasteiger partial charge on any atom is -0.310 e. The van der Waals surface area contributed by atoms with E-state index in [0.29, 0.717) is 12.2 Å². The minimum atomic E-state index is -2.99. The molecule has 1 saturated heterocycles. The fourth-order valence-corrected chi connectivity index (χ4v) is 3.91. The van der Waals surface area contributed by atoms with Crippen molar-refractivity contribution >= 4 is 37.5 Å². The summed E-state index contributed by atoms with van der Waals surface area (Å²) >= 11 is 3.30. The first kappa shape index (κ1) is 15.5. The van der Waals surface area contributed by atoms with Crippen LogP contribution in [0.25, 0.3) is 0 Å². The summed E-state index contributed by atoms with van der Waals surface area (Å²) in [6.07, 6.45) is 0.532. The zero-order chi connectivity index (χ0) is 15.1. The van der Waals surface area contributed by atoms with Crippen molar-refractivity contribution < 1.29 is 13.2 Å². The SMILES string of the molecule is Cc1cc(NC(=O)C(C)(C)Br)n(C2CCS(=O)(=O)C2)n1. The third kappa shape index (κ3) is 3.41. The van der Waals surface area contributed by atoms with Gasteiger partial charge in [-0.3, -0.25) is 4.79 Å². The van der Waals surface area contributed by atoms with Crippen LogP contribution in [0.15, 0.2) is 6.07 Å². The number of halogens is 1. The average molecular weight is 364 g/mol. The number of nitrogens with zero attached hydrogens (tertiary/aromatic N) is 2. The quantitative estimate of drug-likeness (QED) is 0.828. The molecule has 1 fully saturated rings. The summed E-state index contributed by atoms with van der Waals surface area (Å²) in [5.41, 5.74) is 0.747. The van der Waals surface area contributed by atoms with E-state index in [2.05, 4.69) is 26.3 Å². The lowest BCUT2D eigenvalue weighted by Gasteiger charge is -2.18. The van der Waals surface area contributed by atoms with Crippen LogP contribution in [0.2, 0.25) is 0 Å². The van der Waals surface area contributed by atoms with Gasteiger partial charge >= 0.3 is 0 Å². The molecule has 6 nitrogen and oxygen atoms in total. The topological polar surface area (TPSA) is 81.1 Å². The Hall–Kier alpha value is -0.890. The first-order valence-electron chi connectivity index (χ1n) is 6.35. The number of hydrogen-bond acceptors (Lipinski definition) is 4. The number of rotatable bonds is 3. The van der Waals surface area contributed by atoms with E-state index < -0.39 is 14.2 Å². The van der Waals surface area contributed by atoms with E-state index in [0.717, 1.165) is 5.69 Å². The van der Waals surface area contributed by atoms with Gasteiger partial charge in [0.25, 0.3) is 0 Å². The molecule has 1 aliphatic rings. The third-order valence-electron chi connectivity index (χ3n) is 3.19. The van der Waals surface area contributed by atoms with Gasteiger partial charge < -0.3 is 5.32 Å². The van der Waals surface area contributed by atoms with Crippen molar-refractivity contribution in [3.05, 3.63) is 11.8 Å². The van der Waals surface area contributed by atoms with Crippen LogP contribution in [-0.2, 0) is 14.6 Å². The highest BCUT2D eigenvalue weighted by atomic mass is 79.9. The second kappa shape index (κ2) is 5.14. The van der Waals surface area contributed by atoms with Crippen LogP contribution in [0.3, 0.4) is 0 Å². The highest BCUT2D eigenvalue weighted by Crippen LogP contribution is 2.28. The summed E-state index contributed by atoms with van der Waals surface area (Å²) in [7, 11) is -2.99. The van der Waals surface area contributed by atoms with E-state index in [4.69, 9.17) is 0 Å². The van der Waals surface area contributed by atoms with Crippen molar-refractivity contribution in [2.75, 3.05) is 16.8 Å². The fraction of sp³-hybridized carbons (Fsp3) is 0.667. The second-order valence-electron chi connectivity index (χ2n) is 5.60. The van der Waals surface area contributed by atoms with Crippen LogP contribution in [0.1, 0.15) is 32.0 Å². The van der Waals surface area contributed by atoms with Crippen LogP contribution in [-0.4, -0.2) is 39.9 Å². The molecular weight excluding hydrogens is 346 g/mol. The predicted molar refractivity (Wildman–Crippen MR) is 80.9 cm³/mol. The molecule has 2 rings (SSSR count). The van der Waals surface area contributed by atoms with E-state index in [9.17, 15) is 13.2 Å². The highest BCUT2D eigenvalue weighted by molar-refractivity contribution is 9.10. The Bertz CT molecular complexity index is 631. The molecule has 1 N–H and O–H groups in total. The molecule has 1 aromatic heterocycles. The first-order valence-corrected chi connectivity index (χ1v) is 8.97. The van der Waals surface area contributed by atoms with Crippen molar-refractivity contribution in [3.63, 3.8) is 0 Å². The second-order valence-corrected chi connectivity index (χ2v) is 9.81. The molecule has 0 radical (unpaired) electrons. The van der Waals surface area contributed by atoms with Crippen LogP contribution >= 0.6 is 15.9 Å². The summed E-state index contributed by atoms with van der Waals surface area (Å²) in [5, 5.41) is 7.11. The van der Waals surface area contributed by atoms with Crippen LogP contribution in [0, 0.1) is 6.92 Å². The standard InChI is InChI=1S/C12H18BrN3O3S/c1-8-6-10(14-11(17)12(2,3)13)16(15-8)9-4-5-20(18,19)7-9/h6,9H,4-5,7H2,1-3H3,(H,14,17). The maximum Gasteiger partial charge on any atom is 0.241 e. The average Bonchev–Trinajstić information content (AvgIpc) is 2.80. The van der Waals surface area contributed by atoms with E-state index in [1.54, 1.807) is 24.6 Å². The van der Waals surface area contributed by atoms with Crippen molar-refractivity contribution in [2.45, 2.75) is 37.6 Å². The van der Waals surface area contributed by atoms with Crippen molar-refractivity contribution in [1.82, 2.24) is 9.78 Å². The lowest BCUT2D eigenvalue weighted by atomic mass is 10.2. The Morgan fingerprint density at radius 3 is 2.70 bits per heavy atom. The van der Waals surface area contributed by atoms with Crippen LogP contribution < -0.4 is 5.32 Å². The molecule has 0 saturated carbocycles. The Balaban J connectivity index is 2.25. The van der Waals surface area contributed by atoms with Gasteiger partial charge in [-0.2, -0.15) is 5.10 Å². The maximum atomic E-state index is 12.0. The number of carbonyl (C=O) groups is 1. The predicted octanol–water partition coefficient (Wildman–Crippen LogP) is 1.66. The molecule has 2 heterocycles. The molecule has 0 aliphatic carbocycles. The number of sulfone groups is 1. The molecule has 1 unspecified atom stereocenters. The van der Waals surface area contributed by atoms with Crippen molar-refractivity contribution in [2.24, 2.45) is 0 Å². The monoisotopic (exact) mass is 363 g/mol. The van der Waals surface area contributed by atoms with Gasteiger partial charge in [0.2, 0.25) is 5.91 Å². The maximum absolute atomic E-state index is 12.0. The number of carbonyl (C=O) groups excluding carboxylic acids is 1. The van der Waals surface area contributed by atoms with E-state index in [-0.39, 0.29) is 23.5 Å². The molecule has 1 aliphatic heterocycles. The largest absolute Gasteiger partial charge is 0.310 e. The van der Waals surface area contributed by atoms with Crippen LogP contribution in [0.4, 0.5) is 5.82 Å². The number of amides is 1. The van der Waals surface area contributed by atoms with Gasteiger partial charge in [-0.15, -0.1) is 0 Å². The Kier molecular flexibility index (Phi) is 3.98. The molecule has 112 valence electrons. The smallest absolute Gasteiger partial charge is 0.241 e. The minimum absolute atomic E-state index is 0.0781. The normalized spacial score (nSPS) is 21.9. The number of alkyl halides is 1. The van der Waals surface area contributed by atoms with Gasteiger partial charge in [0, 0.05) is 6.07 Å². The molecule has 1 amide bonds. The van der Waals surface area contributed by atoms with Gasteiger partial charge in [-0.05, 0) is 27.2 Å². The zero-order valence-electron chi connectivity index (χ0n) is 11.7. The Labute approximate surface area is 127 Å². The van der Waals surface area contributed by atoms with Crippen molar-refractivity contribution in [3.8, 4) is 0 Å². The van der Waals surface area contributed by atoms with Crippen LogP contribution in [0.5, 0.6) is 0 Å². The lowest BCUT2D eigenvalue weighted by molar-refractivity contribution is -0.117. The van der Waals surface area contributed by atoms with E-state index >= 15 is 0 Å². The summed E-state index contributed by atoms with van der Waals surface area (Å²) in [6, 6.07) is 1.55. The highest BCUT2D eigenvalue weighted by Gasteiger charge is 2.32. The van der Waals surface area contributed by atoms with Crippen molar-refractivity contribution in [1.29, 1.82) is 0 Å². The molecule has 8 heteroatoms. The van der Waals surface area contributed by atoms with Gasteiger partial charge in [0.1, 0.15) is 5.82 Å². The molecule has 0 spiro atoms. The number of aryl methyl sites for hydroxylation is 1. The van der Waals surface area contributed by atoms with E-state index in [1.165, 1.54) is 0 Å². The number of nitrogens with one attached hydrogen (secondary N) is 1. The molecular formula is C12H18BrN3O3S. The van der Waals surface area contributed by atoms with Gasteiger partial charge in [0.05, 0.1) is 27.6 Å². The fourth-order valence-electron chi connectivity index (χ4n) is 2.12. The van der Waals surface area contributed by atoms with Gasteiger partial charge in [0.15, 0.2) is 9.84 Å². The Morgan fingerprint density at radius 1 is 1.55 bits per heavy atom. The summed E-state index contributed by atoms with van der Waals surface area (Å²) < 4.78 is 24.1. The number of aromatic nitrogens is 2. The first-order chi connectivity index (χ1) is 9.08.